The number of carbonyl (C=O) groups excluding carboxylic acids is 3. The van der Waals surface area contributed by atoms with E-state index in [-0.39, 0.29) is 36.1 Å². The molecule has 1 N–H and O–H groups in total. The van der Waals surface area contributed by atoms with Crippen molar-refractivity contribution in [3.8, 4) is 0 Å². The Bertz CT molecular complexity index is 876. The highest BCUT2D eigenvalue weighted by atomic mass is 32.2. The fourth-order valence-corrected chi connectivity index (χ4v) is 4.92. The lowest BCUT2D eigenvalue weighted by Crippen LogP contribution is -2.38. The minimum atomic E-state index is -0.346. The SMILES string of the molecule is O=C(CN1C(=O)[C@H]2CCCC[C@@H]2C1=O)Nc1ccccc1Sc1ccccc1. The lowest BCUT2D eigenvalue weighted by Gasteiger charge is -2.19. The van der Waals surface area contributed by atoms with Gasteiger partial charge in [0.05, 0.1) is 17.5 Å². The van der Waals surface area contributed by atoms with Crippen molar-refractivity contribution >= 4 is 35.2 Å². The molecule has 3 amide bonds. The Balaban J connectivity index is 1.44. The lowest BCUT2D eigenvalue weighted by molar-refractivity contribution is -0.142. The summed E-state index contributed by atoms with van der Waals surface area (Å²) in [5, 5.41) is 2.87. The average Bonchev–Trinajstić information content (AvgIpc) is 2.95. The van der Waals surface area contributed by atoms with Gasteiger partial charge in [0.1, 0.15) is 6.54 Å². The number of anilines is 1. The molecule has 6 heteroatoms. The van der Waals surface area contributed by atoms with E-state index in [0.29, 0.717) is 5.69 Å². The first-order valence-corrected chi connectivity index (χ1v) is 10.4. The van der Waals surface area contributed by atoms with Gasteiger partial charge in [0, 0.05) is 9.79 Å². The fourth-order valence-electron chi connectivity index (χ4n) is 3.99. The fraction of sp³-hybridized carbons (Fsp3) is 0.318. The minimum absolute atomic E-state index is 0.184. The average molecular weight is 394 g/mol. The number of likely N-dealkylation sites (tertiary alicyclic amines) is 1. The van der Waals surface area contributed by atoms with Crippen LogP contribution >= 0.6 is 11.8 Å². The number of imide groups is 1. The number of carbonyl (C=O) groups is 3. The number of amides is 3. The number of hydrogen-bond acceptors (Lipinski definition) is 4. The quantitative estimate of drug-likeness (QED) is 0.780. The zero-order chi connectivity index (χ0) is 19.5. The van der Waals surface area contributed by atoms with Crippen LogP contribution in [0.25, 0.3) is 0 Å². The summed E-state index contributed by atoms with van der Waals surface area (Å²) in [6, 6.07) is 17.4. The van der Waals surface area contributed by atoms with E-state index in [0.717, 1.165) is 40.4 Å². The molecule has 2 atom stereocenters. The summed E-state index contributed by atoms with van der Waals surface area (Å²) in [6.45, 7) is -0.213. The first-order valence-electron chi connectivity index (χ1n) is 9.60. The van der Waals surface area contributed by atoms with Crippen molar-refractivity contribution < 1.29 is 14.4 Å². The van der Waals surface area contributed by atoms with Gasteiger partial charge in [-0.3, -0.25) is 19.3 Å². The van der Waals surface area contributed by atoms with Gasteiger partial charge in [-0.05, 0) is 37.1 Å². The van der Waals surface area contributed by atoms with Gasteiger partial charge in [0.25, 0.3) is 0 Å². The first-order chi connectivity index (χ1) is 13.6. The van der Waals surface area contributed by atoms with Crippen LogP contribution in [0.3, 0.4) is 0 Å². The van der Waals surface area contributed by atoms with Crippen molar-refractivity contribution in [1.82, 2.24) is 4.90 Å². The number of rotatable bonds is 5. The Labute approximate surface area is 168 Å². The monoisotopic (exact) mass is 394 g/mol. The van der Waals surface area contributed by atoms with Crippen LogP contribution in [0.4, 0.5) is 5.69 Å². The minimum Gasteiger partial charge on any atom is -0.323 e. The molecule has 4 rings (SSSR count). The summed E-state index contributed by atoms with van der Waals surface area (Å²) in [7, 11) is 0. The molecule has 5 nitrogen and oxygen atoms in total. The van der Waals surface area contributed by atoms with Crippen LogP contribution < -0.4 is 5.32 Å². The zero-order valence-electron chi connectivity index (χ0n) is 15.5. The molecule has 0 bridgehead atoms. The molecule has 2 fully saturated rings. The maximum absolute atomic E-state index is 12.6. The molecular formula is C22H22N2O3S. The highest BCUT2D eigenvalue weighted by Gasteiger charge is 2.48. The number of nitrogens with zero attached hydrogens (tertiary/aromatic N) is 1. The summed E-state index contributed by atoms with van der Waals surface area (Å²) < 4.78 is 0. The standard InChI is InChI=1S/C22H22N2O3S/c25-20(14-24-21(26)16-10-4-5-11-17(16)22(24)27)23-18-12-6-7-13-19(18)28-15-8-2-1-3-9-15/h1-3,6-9,12-13,16-17H,4-5,10-11,14H2,(H,23,25)/t16-,17-/m0/s1. The lowest BCUT2D eigenvalue weighted by atomic mass is 9.81. The predicted octanol–water partition coefficient (Wildman–Crippen LogP) is 3.95. The smallest absolute Gasteiger partial charge is 0.244 e. The van der Waals surface area contributed by atoms with Crippen molar-refractivity contribution in [1.29, 1.82) is 0 Å². The van der Waals surface area contributed by atoms with Crippen LogP contribution in [-0.4, -0.2) is 29.2 Å². The number of fused-ring (bicyclic) bond motifs is 1. The van der Waals surface area contributed by atoms with Crippen LogP contribution in [0.1, 0.15) is 25.7 Å². The third-order valence-electron chi connectivity index (χ3n) is 5.37. The summed E-state index contributed by atoms with van der Waals surface area (Å²) in [6.07, 6.45) is 3.46. The summed E-state index contributed by atoms with van der Waals surface area (Å²) >= 11 is 1.55. The van der Waals surface area contributed by atoms with Crippen LogP contribution in [0.15, 0.2) is 64.4 Å². The van der Waals surface area contributed by atoms with Crippen LogP contribution in [0.2, 0.25) is 0 Å². The Morgan fingerprint density at radius 3 is 2.21 bits per heavy atom. The molecule has 1 aliphatic carbocycles. The third-order valence-corrected chi connectivity index (χ3v) is 6.45. The molecule has 2 aliphatic rings. The number of benzene rings is 2. The predicted molar refractivity (Wildman–Crippen MR) is 108 cm³/mol. The maximum atomic E-state index is 12.6. The van der Waals surface area contributed by atoms with Gasteiger partial charge in [0.15, 0.2) is 0 Å². The molecular weight excluding hydrogens is 372 g/mol. The second-order valence-electron chi connectivity index (χ2n) is 7.22. The number of hydrogen-bond donors (Lipinski definition) is 1. The summed E-state index contributed by atoms with van der Waals surface area (Å²) in [4.78, 5) is 40.9. The van der Waals surface area contributed by atoms with Gasteiger partial charge < -0.3 is 5.32 Å². The van der Waals surface area contributed by atoms with E-state index in [2.05, 4.69) is 5.32 Å². The van der Waals surface area contributed by atoms with Gasteiger partial charge in [-0.25, -0.2) is 0 Å². The van der Waals surface area contributed by atoms with Crippen LogP contribution in [0.5, 0.6) is 0 Å². The van der Waals surface area contributed by atoms with Crippen molar-refractivity contribution in [2.75, 3.05) is 11.9 Å². The van der Waals surface area contributed by atoms with E-state index in [4.69, 9.17) is 0 Å². The first kappa shape index (κ1) is 18.7. The van der Waals surface area contributed by atoms with Crippen molar-refractivity contribution in [3.63, 3.8) is 0 Å². The van der Waals surface area contributed by atoms with Gasteiger partial charge >= 0.3 is 0 Å². The molecule has 0 aromatic heterocycles. The van der Waals surface area contributed by atoms with Gasteiger partial charge in [-0.1, -0.05) is 54.9 Å². The van der Waals surface area contributed by atoms with Gasteiger partial charge in [-0.15, -0.1) is 0 Å². The van der Waals surface area contributed by atoms with Crippen molar-refractivity contribution in [3.05, 3.63) is 54.6 Å². The van der Waals surface area contributed by atoms with E-state index in [1.807, 2.05) is 54.6 Å². The molecule has 2 aromatic carbocycles. The van der Waals surface area contributed by atoms with Crippen LogP contribution in [-0.2, 0) is 14.4 Å². The largest absolute Gasteiger partial charge is 0.323 e. The Kier molecular flexibility index (Phi) is 5.48. The summed E-state index contributed by atoms with van der Waals surface area (Å²) in [5.74, 6) is -1.17. The molecule has 1 aliphatic heterocycles. The normalized spacial score (nSPS) is 21.5. The van der Waals surface area contributed by atoms with Gasteiger partial charge in [-0.2, -0.15) is 0 Å². The van der Waals surface area contributed by atoms with E-state index >= 15 is 0 Å². The zero-order valence-corrected chi connectivity index (χ0v) is 16.3. The topological polar surface area (TPSA) is 66.5 Å². The molecule has 0 radical (unpaired) electrons. The summed E-state index contributed by atoms with van der Waals surface area (Å²) in [5.41, 5.74) is 0.679. The van der Waals surface area contributed by atoms with E-state index < -0.39 is 0 Å². The Morgan fingerprint density at radius 1 is 0.929 bits per heavy atom. The van der Waals surface area contributed by atoms with E-state index in [1.54, 1.807) is 11.8 Å². The Hall–Kier alpha value is -2.60. The second-order valence-corrected chi connectivity index (χ2v) is 8.33. The molecule has 1 heterocycles. The van der Waals surface area contributed by atoms with Gasteiger partial charge in [0.2, 0.25) is 17.7 Å². The number of nitrogens with one attached hydrogen (secondary N) is 1. The number of para-hydroxylation sites is 1. The van der Waals surface area contributed by atoms with Crippen LogP contribution in [0, 0.1) is 11.8 Å². The van der Waals surface area contributed by atoms with E-state index in [1.165, 1.54) is 0 Å². The van der Waals surface area contributed by atoms with E-state index in [9.17, 15) is 14.4 Å². The molecule has 1 saturated carbocycles. The van der Waals surface area contributed by atoms with Crippen molar-refractivity contribution in [2.24, 2.45) is 11.8 Å². The molecule has 28 heavy (non-hydrogen) atoms. The molecule has 0 spiro atoms. The molecule has 2 aromatic rings. The molecule has 0 unspecified atom stereocenters. The third kappa shape index (κ3) is 3.83. The maximum Gasteiger partial charge on any atom is 0.244 e. The highest BCUT2D eigenvalue weighted by Crippen LogP contribution is 2.38. The molecule has 144 valence electrons. The highest BCUT2D eigenvalue weighted by molar-refractivity contribution is 7.99. The Morgan fingerprint density at radius 2 is 1.54 bits per heavy atom. The molecule has 1 saturated heterocycles. The second kappa shape index (κ2) is 8.19. The van der Waals surface area contributed by atoms with Crippen molar-refractivity contribution in [2.45, 2.75) is 35.5 Å².